The molecule has 0 rings (SSSR count). The van der Waals surface area contributed by atoms with E-state index in [2.05, 4.69) is 13.2 Å². The smallest absolute Gasteiger partial charge is 0.0470 e. The first-order valence-corrected chi connectivity index (χ1v) is 4.13. The largest absolute Gasteiger partial charge is 0.0991 e. The molecular formula is C12H22. The first-order chi connectivity index (χ1) is 5.74. The van der Waals surface area contributed by atoms with Crippen LogP contribution in [0.15, 0.2) is 49.6 Å². The zero-order valence-corrected chi connectivity index (χ0v) is 8.88. The summed E-state index contributed by atoms with van der Waals surface area (Å²) < 4.78 is 0. The fourth-order valence-corrected chi connectivity index (χ4v) is 0. The second-order valence-electron chi connectivity index (χ2n) is 1.80. The van der Waals surface area contributed by atoms with E-state index in [0.717, 1.165) is 0 Å². The van der Waals surface area contributed by atoms with Crippen molar-refractivity contribution in [1.82, 2.24) is 0 Å². The monoisotopic (exact) mass is 166 g/mol. The predicted molar refractivity (Wildman–Crippen MR) is 61.4 cm³/mol. The molecule has 0 N–H and O–H groups in total. The van der Waals surface area contributed by atoms with Crippen LogP contribution in [0.4, 0.5) is 0 Å². The molecule has 0 aromatic heterocycles. The van der Waals surface area contributed by atoms with Gasteiger partial charge in [0, 0.05) is 0 Å². The molecule has 0 heterocycles. The van der Waals surface area contributed by atoms with Crippen molar-refractivity contribution >= 4 is 0 Å². The highest BCUT2D eigenvalue weighted by Crippen LogP contribution is 1.57. The van der Waals surface area contributed by atoms with Crippen molar-refractivity contribution in [3.05, 3.63) is 49.6 Å². The van der Waals surface area contributed by atoms with Crippen LogP contribution in [0.1, 0.15) is 27.7 Å². The summed E-state index contributed by atoms with van der Waals surface area (Å²) in [5.74, 6) is 0. The molecule has 0 radical (unpaired) electrons. The van der Waals surface area contributed by atoms with E-state index in [1.807, 2.05) is 52.0 Å². The zero-order chi connectivity index (χ0) is 10.2. The number of rotatable bonds is 1. The van der Waals surface area contributed by atoms with Gasteiger partial charge in [0.1, 0.15) is 0 Å². The highest BCUT2D eigenvalue weighted by molar-refractivity contribution is 4.88. The summed E-state index contributed by atoms with van der Waals surface area (Å²) in [5.41, 5.74) is 0. The number of allylic oxidation sites excluding steroid dienone is 6. The Morgan fingerprint density at radius 2 is 0.750 bits per heavy atom. The maximum Gasteiger partial charge on any atom is -0.0470 e. The Bertz CT molecular complexity index is 92.0. The van der Waals surface area contributed by atoms with Gasteiger partial charge in [-0.1, -0.05) is 49.6 Å². The van der Waals surface area contributed by atoms with Gasteiger partial charge in [-0.25, -0.2) is 0 Å². The Balaban J connectivity index is -0.000000101. The molecule has 12 heavy (non-hydrogen) atoms. The minimum atomic E-state index is 1.64. The van der Waals surface area contributed by atoms with E-state index in [4.69, 9.17) is 0 Å². The Hall–Kier alpha value is -1.04. The predicted octanol–water partition coefficient (Wildman–Crippen LogP) is 4.52. The van der Waals surface area contributed by atoms with Crippen molar-refractivity contribution in [2.24, 2.45) is 0 Å². The summed E-state index contributed by atoms with van der Waals surface area (Å²) in [6.45, 7) is 14.7. The molecular weight excluding hydrogens is 144 g/mol. The molecule has 0 spiro atoms. The van der Waals surface area contributed by atoms with Crippen LogP contribution in [-0.4, -0.2) is 0 Å². The molecule has 0 nitrogen and oxygen atoms in total. The van der Waals surface area contributed by atoms with Crippen LogP contribution in [0.2, 0.25) is 0 Å². The van der Waals surface area contributed by atoms with Gasteiger partial charge in [0.05, 0.1) is 0 Å². The average Bonchev–Trinajstić information content (AvgIpc) is 2.18. The Kier molecular flexibility index (Phi) is 46.5. The summed E-state index contributed by atoms with van der Waals surface area (Å²) >= 11 is 0. The topological polar surface area (TPSA) is 0 Å². The molecule has 0 saturated heterocycles. The summed E-state index contributed by atoms with van der Waals surface area (Å²) in [7, 11) is 0. The SMILES string of the molecule is C/C=C/C.C/C=C\C.C=CC=C. The quantitative estimate of drug-likeness (QED) is 0.397. The Labute approximate surface area is 78.0 Å². The van der Waals surface area contributed by atoms with Crippen LogP contribution in [0.25, 0.3) is 0 Å². The zero-order valence-electron chi connectivity index (χ0n) is 8.88. The van der Waals surface area contributed by atoms with E-state index in [-0.39, 0.29) is 0 Å². The van der Waals surface area contributed by atoms with Gasteiger partial charge in [-0.2, -0.15) is 0 Å². The molecule has 0 saturated carbocycles. The van der Waals surface area contributed by atoms with Crippen LogP contribution < -0.4 is 0 Å². The number of hydrogen-bond acceptors (Lipinski definition) is 0. The van der Waals surface area contributed by atoms with Gasteiger partial charge in [-0.05, 0) is 27.7 Å². The normalized spacial score (nSPS) is 8.00. The molecule has 70 valence electrons. The maximum atomic E-state index is 3.36. The highest BCUT2D eigenvalue weighted by atomic mass is 13.4. The molecule has 0 heteroatoms. The van der Waals surface area contributed by atoms with E-state index in [1.54, 1.807) is 12.2 Å². The molecule has 0 atom stereocenters. The lowest BCUT2D eigenvalue weighted by molar-refractivity contribution is 1.64. The first-order valence-electron chi connectivity index (χ1n) is 4.13. The number of hydrogen-bond donors (Lipinski definition) is 0. The Morgan fingerprint density at radius 3 is 0.750 bits per heavy atom. The molecule has 0 aliphatic heterocycles. The van der Waals surface area contributed by atoms with Crippen LogP contribution in [0.5, 0.6) is 0 Å². The third-order valence-electron chi connectivity index (χ3n) is 0.833. The fourth-order valence-electron chi connectivity index (χ4n) is 0. The van der Waals surface area contributed by atoms with Crippen molar-refractivity contribution in [3.8, 4) is 0 Å². The van der Waals surface area contributed by atoms with Gasteiger partial charge in [0.2, 0.25) is 0 Å². The van der Waals surface area contributed by atoms with Crippen LogP contribution in [-0.2, 0) is 0 Å². The van der Waals surface area contributed by atoms with E-state index in [0.29, 0.717) is 0 Å². The van der Waals surface area contributed by atoms with Gasteiger partial charge in [-0.15, -0.1) is 0 Å². The molecule has 0 bridgehead atoms. The van der Waals surface area contributed by atoms with Crippen molar-refractivity contribution < 1.29 is 0 Å². The maximum absolute atomic E-state index is 3.36. The Morgan fingerprint density at radius 1 is 0.583 bits per heavy atom. The summed E-state index contributed by atoms with van der Waals surface area (Å²) in [6, 6.07) is 0. The second kappa shape index (κ2) is 32.5. The van der Waals surface area contributed by atoms with Gasteiger partial charge in [0.15, 0.2) is 0 Å². The van der Waals surface area contributed by atoms with Gasteiger partial charge < -0.3 is 0 Å². The lowest BCUT2D eigenvalue weighted by Gasteiger charge is -1.49. The second-order valence-corrected chi connectivity index (χ2v) is 1.80. The molecule has 0 aromatic rings. The van der Waals surface area contributed by atoms with Crippen molar-refractivity contribution in [3.63, 3.8) is 0 Å². The van der Waals surface area contributed by atoms with E-state index in [1.165, 1.54) is 0 Å². The van der Waals surface area contributed by atoms with E-state index in [9.17, 15) is 0 Å². The summed E-state index contributed by atoms with van der Waals surface area (Å²) in [6.07, 6.45) is 11.3. The van der Waals surface area contributed by atoms with Gasteiger partial charge >= 0.3 is 0 Å². The van der Waals surface area contributed by atoms with Crippen molar-refractivity contribution in [1.29, 1.82) is 0 Å². The third kappa shape index (κ3) is 148. The standard InChI is InChI=1S/2C4H8.C4H6/c3*1-3-4-2/h2*3-4H,1-2H3;3-4H,1-2H2/b4-3+;4-3-;. The minimum Gasteiger partial charge on any atom is -0.0991 e. The fraction of sp³-hybridized carbons (Fsp3) is 0.333. The minimum absolute atomic E-state index is 1.64. The van der Waals surface area contributed by atoms with Crippen molar-refractivity contribution in [2.45, 2.75) is 27.7 Å². The molecule has 0 amide bonds. The van der Waals surface area contributed by atoms with Crippen LogP contribution >= 0.6 is 0 Å². The van der Waals surface area contributed by atoms with Crippen LogP contribution in [0.3, 0.4) is 0 Å². The van der Waals surface area contributed by atoms with E-state index >= 15 is 0 Å². The molecule has 0 unspecified atom stereocenters. The van der Waals surface area contributed by atoms with Crippen LogP contribution in [0, 0.1) is 0 Å². The highest BCUT2D eigenvalue weighted by Gasteiger charge is 1.34. The third-order valence-corrected chi connectivity index (χ3v) is 0.833. The van der Waals surface area contributed by atoms with Gasteiger partial charge in [-0.3, -0.25) is 0 Å². The van der Waals surface area contributed by atoms with Gasteiger partial charge in [0.25, 0.3) is 0 Å². The summed E-state index contributed by atoms with van der Waals surface area (Å²) in [5, 5.41) is 0. The van der Waals surface area contributed by atoms with Crippen molar-refractivity contribution in [2.75, 3.05) is 0 Å². The van der Waals surface area contributed by atoms with E-state index < -0.39 is 0 Å². The lowest BCUT2D eigenvalue weighted by Crippen LogP contribution is -1.26. The first kappa shape index (κ1) is 17.2. The molecule has 0 fully saturated rings. The molecule has 0 aromatic carbocycles. The molecule has 0 aliphatic rings. The summed E-state index contributed by atoms with van der Waals surface area (Å²) in [4.78, 5) is 0. The average molecular weight is 166 g/mol. The lowest BCUT2D eigenvalue weighted by atomic mass is 10.6. The molecule has 0 aliphatic carbocycles.